The van der Waals surface area contributed by atoms with Gasteiger partial charge >= 0.3 is 7.25 Å². The summed E-state index contributed by atoms with van der Waals surface area (Å²) in [4.78, 5) is 9.39. The van der Waals surface area contributed by atoms with Gasteiger partial charge in [0.15, 0.2) is 0 Å². The Balaban J connectivity index is 0.000000732. The van der Waals surface area contributed by atoms with E-state index in [9.17, 15) is 17.3 Å². The van der Waals surface area contributed by atoms with Crippen molar-refractivity contribution in [3.63, 3.8) is 0 Å². The molecule has 12 heteroatoms. The Morgan fingerprint density at radius 2 is 0.789 bits per heavy atom. The topological polar surface area (TPSA) is 40.6 Å². The molecular weight excluding hydrogens is 557 g/mol. The van der Waals surface area contributed by atoms with Crippen LogP contribution in [0.5, 0.6) is 17.2 Å². The number of benzene rings is 3. The fraction of sp³-hybridized carbons (Fsp3) is 0.115. The van der Waals surface area contributed by atoms with E-state index in [1.165, 1.54) is 0 Å². The van der Waals surface area contributed by atoms with Crippen LogP contribution in [0.3, 0.4) is 0 Å². The Hall–Kier alpha value is -2.96. The number of aromatic nitrogens is 1. The van der Waals surface area contributed by atoms with Crippen molar-refractivity contribution in [3.05, 3.63) is 84.9 Å². The Morgan fingerprint density at radius 1 is 0.500 bits per heavy atom. The first kappa shape index (κ1) is 29.6. The van der Waals surface area contributed by atoms with Crippen LogP contribution in [0.25, 0.3) is 0 Å². The zero-order chi connectivity index (χ0) is 27.5. The second kappa shape index (κ2) is 14.3. The minimum atomic E-state index is -6.00. The number of rotatable bonds is 9. The third kappa shape index (κ3) is 10.4. The van der Waals surface area contributed by atoms with E-state index in [4.69, 9.17) is 19.2 Å². The molecule has 1 heterocycles. The van der Waals surface area contributed by atoms with E-state index < -0.39 is 7.25 Å². The van der Waals surface area contributed by atoms with Gasteiger partial charge in [-0.25, -0.2) is 4.98 Å². The molecule has 3 aromatic carbocycles. The van der Waals surface area contributed by atoms with E-state index >= 15 is 0 Å². The number of ether oxygens (including phenoxy) is 3. The number of pyridine rings is 1. The smallest absolute Gasteiger partial charge is 0.497 e. The molecule has 0 saturated heterocycles. The summed E-state index contributed by atoms with van der Waals surface area (Å²) in [5.74, 6) is 2.53. The van der Waals surface area contributed by atoms with Crippen LogP contribution in [0, 0.1) is 0 Å². The summed E-state index contributed by atoms with van der Waals surface area (Å²) >= 11 is 4.98. The minimum absolute atomic E-state index is 0.840. The Bertz CT molecular complexity index is 1120. The summed E-state index contributed by atoms with van der Waals surface area (Å²) in [6.07, 6.45) is 0. The molecule has 0 bridgehead atoms. The van der Waals surface area contributed by atoms with E-state index in [-0.39, 0.29) is 0 Å². The summed E-state index contributed by atoms with van der Waals surface area (Å²) in [6, 6.07) is 28.4. The van der Waals surface area contributed by atoms with Gasteiger partial charge in [-0.2, -0.15) is 0 Å². The highest BCUT2D eigenvalue weighted by Crippen LogP contribution is 2.38. The Morgan fingerprint density at radius 3 is 1.08 bits per heavy atom. The number of methoxy groups -OCH3 is 3. The first-order valence-corrected chi connectivity index (χ1v) is 13.5. The van der Waals surface area contributed by atoms with Gasteiger partial charge in [0, 0.05) is 19.6 Å². The summed E-state index contributed by atoms with van der Waals surface area (Å²) in [5, 5.41) is 1.88. The van der Waals surface area contributed by atoms with Crippen LogP contribution in [0.2, 0.25) is 0 Å². The molecule has 0 radical (unpaired) electrons. The molecule has 4 aromatic rings. The Kier molecular flexibility index (Phi) is 11.1. The van der Waals surface area contributed by atoms with Crippen molar-refractivity contribution in [2.75, 3.05) is 21.3 Å². The normalized spacial score (nSPS) is 10.8. The second-order valence-electron chi connectivity index (χ2n) is 7.31. The lowest BCUT2D eigenvalue weighted by atomic mass is 10.3. The zero-order valence-corrected chi connectivity index (χ0v) is 23.0. The lowest BCUT2D eigenvalue weighted by molar-refractivity contribution is 0.368. The van der Waals surface area contributed by atoms with Crippen LogP contribution in [0.1, 0.15) is 0 Å². The Labute approximate surface area is 231 Å². The van der Waals surface area contributed by atoms with Gasteiger partial charge in [-0.05, 0) is 84.9 Å². The van der Waals surface area contributed by atoms with E-state index in [0.717, 1.165) is 46.9 Å². The summed E-state index contributed by atoms with van der Waals surface area (Å²) in [7, 11) is -0.977. The van der Waals surface area contributed by atoms with Gasteiger partial charge in [0.2, 0.25) is 0 Å². The van der Waals surface area contributed by atoms with E-state index in [0.29, 0.717) is 0 Å². The largest absolute Gasteiger partial charge is 0.673 e. The lowest BCUT2D eigenvalue weighted by Gasteiger charge is -2.10. The molecule has 0 unspecified atom stereocenters. The van der Waals surface area contributed by atoms with Crippen molar-refractivity contribution in [3.8, 4) is 17.2 Å². The van der Waals surface area contributed by atoms with Crippen LogP contribution in [0.15, 0.2) is 115 Å². The van der Waals surface area contributed by atoms with E-state index in [1.54, 1.807) is 56.6 Å². The first-order chi connectivity index (χ1) is 18.1. The van der Waals surface area contributed by atoms with E-state index in [2.05, 4.69) is 24.3 Å². The standard InChI is InChI=1S/C26H23NO3S3.BF4/c1-28-18-4-10-21(11-5-18)31-24-16-25(32-22-12-6-19(29-2)7-13-22)27-26(17-24)33-23-14-8-20(30-3)9-15-23;2-1(3,4)5/h4-17H,1-3H3;/q;-1. The molecule has 4 nitrogen and oxygen atoms in total. The molecule has 4 rings (SSSR count). The fourth-order valence-corrected chi connectivity index (χ4v) is 5.71. The predicted molar refractivity (Wildman–Crippen MR) is 146 cm³/mol. The summed E-state index contributed by atoms with van der Waals surface area (Å²) in [6.45, 7) is 0. The monoisotopic (exact) mass is 580 g/mol. The molecule has 1 aromatic heterocycles. The first-order valence-electron chi connectivity index (χ1n) is 11.0. The average Bonchev–Trinajstić information content (AvgIpc) is 2.89. The highest BCUT2D eigenvalue weighted by atomic mass is 32.2. The molecule has 0 aliphatic carbocycles. The summed E-state index contributed by atoms with van der Waals surface area (Å²) in [5.41, 5.74) is 0. The molecular formula is C26H23BF4NO3S3-. The minimum Gasteiger partial charge on any atom is -0.497 e. The van der Waals surface area contributed by atoms with Crippen molar-refractivity contribution in [2.24, 2.45) is 0 Å². The highest BCUT2D eigenvalue weighted by molar-refractivity contribution is 8.00. The lowest BCUT2D eigenvalue weighted by Crippen LogP contribution is -2.02. The fourth-order valence-electron chi connectivity index (χ4n) is 2.93. The number of halogens is 4. The van der Waals surface area contributed by atoms with Gasteiger partial charge in [-0.15, -0.1) is 0 Å². The number of nitrogens with zero attached hydrogens (tertiary/aromatic N) is 1. The second-order valence-corrected chi connectivity index (χ2v) is 10.6. The maximum Gasteiger partial charge on any atom is 0.673 e. The molecule has 0 spiro atoms. The quantitative estimate of drug-likeness (QED) is 0.145. The highest BCUT2D eigenvalue weighted by Gasteiger charge is 2.20. The van der Waals surface area contributed by atoms with Crippen LogP contribution in [-0.4, -0.2) is 33.6 Å². The SMILES string of the molecule is COc1ccc(Sc2cc(Sc3ccc(OC)cc3)nc(Sc3ccc(OC)cc3)c2)cc1.F[B-](F)(F)F. The van der Waals surface area contributed by atoms with Crippen molar-refractivity contribution in [2.45, 2.75) is 29.6 Å². The summed E-state index contributed by atoms with van der Waals surface area (Å²) < 4.78 is 54.8. The zero-order valence-electron chi connectivity index (χ0n) is 20.6. The van der Waals surface area contributed by atoms with Crippen LogP contribution < -0.4 is 14.2 Å². The maximum absolute atomic E-state index is 9.75. The van der Waals surface area contributed by atoms with Gasteiger partial charge in [0.05, 0.1) is 21.3 Å². The van der Waals surface area contributed by atoms with Gasteiger partial charge in [-0.1, -0.05) is 35.3 Å². The molecule has 0 fully saturated rings. The average molecular weight is 580 g/mol. The van der Waals surface area contributed by atoms with Gasteiger partial charge < -0.3 is 31.5 Å². The van der Waals surface area contributed by atoms with Gasteiger partial charge in [0.25, 0.3) is 0 Å². The van der Waals surface area contributed by atoms with Crippen molar-refractivity contribution in [1.82, 2.24) is 4.98 Å². The third-order valence-corrected chi connectivity index (χ3v) is 7.44. The third-order valence-electron chi connectivity index (χ3n) is 4.61. The van der Waals surface area contributed by atoms with Crippen LogP contribution in [-0.2, 0) is 0 Å². The van der Waals surface area contributed by atoms with Gasteiger partial charge in [0.1, 0.15) is 27.3 Å². The molecule has 0 saturated carbocycles. The van der Waals surface area contributed by atoms with E-state index in [1.807, 2.05) is 60.7 Å². The van der Waals surface area contributed by atoms with Gasteiger partial charge in [-0.3, -0.25) is 0 Å². The molecule has 0 N–H and O–H groups in total. The van der Waals surface area contributed by atoms with Crippen molar-refractivity contribution < 1.29 is 31.5 Å². The maximum atomic E-state index is 9.75. The number of hydrogen-bond donors (Lipinski definition) is 0. The molecule has 38 heavy (non-hydrogen) atoms. The molecule has 0 amide bonds. The van der Waals surface area contributed by atoms with Crippen molar-refractivity contribution in [1.29, 1.82) is 0 Å². The van der Waals surface area contributed by atoms with Crippen LogP contribution >= 0.6 is 35.3 Å². The molecule has 0 aliphatic rings. The molecule has 200 valence electrons. The predicted octanol–water partition coefficient (Wildman–Crippen LogP) is 8.86. The molecule has 0 atom stereocenters. The molecule has 0 aliphatic heterocycles. The van der Waals surface area contributed by atoms with Crippen molar-refractivity contribution >= 4 is 42.5 Å². The van der Waals surface area contributed by atoms with Crippen LogP contribution in [0.4, 0.5) is 17.3 Å². The number of hydrogen-bond acceptors (Lipinski definition) is 7.